The van der Waals surface area contributed by atoms with Crippen molar-refractivity contribution in [3.05, 3.63) is 51.6 Å². The van der Waals surface area contributed by atoms with E-state index < -0.39 is 76.1 Å². The summed E-state index contributed by atoms with van der Waals surface area (Å²) < 4.78 is 29.6. The number of aromatic carboxylic acids is 1. The van der Waals surface area contributed by atoms with Crippen LogP contribution in [0.15, 0.2) is 34.9 Å². The average Bonchev–Trinajstić information content (AvgIpc) is 1.36. The maximum atomic E-state index is 14.1. The Morgan fingerprint density at radius 3 is 2.43 bits per heavy atom. The second-order valence-electron chi connectivity index (χ2n) is 32.3. The van der Waals surface area contributed by atoms with E-state index in [1.807, 2.05) is 0 Å². The molecule has 9 N–H and O–H groups in total. The van der Waals surface area contributed by atoms with Crippen molar-refractivity contribution in [3.8, 4) is 29.1 Å². The molecule has 6 bridgehead atoms. The molecule has 15 nitrogen and oxygen atoms in total. The highest BCUT2D eigenvalue weighted by Crippen LogP contribution is 2.81. The number of phenolic OH excluding ortho intramolecular Hbond substituents is 2. The molecule has 0 aromatic heterocycles. The van der Waals surface area contributed by atoms with Gasteiger partial charge in [-0.1, -0.05) is 43.6 Å². The number of carbonyl (C=O) groups is 2. The molecule has 2 aromatic rings. The van der Waals surface area contributed by atoms with Gasteiger partial charge in [-0.2, -0.15) is 0 Å². The predicted octanol–water partition coefficient (Wildman–Crippen LogP) is 10.1. The highest BCUT2D eigenvalue weighted by atomic mass is 16.7. The summed E-state index contributed by atoms with van der Waals surface area (Å²) in [5.74, 6) is 4.11. The fourth-order valence-electron chi connectivity index (χ4n) is 26.2. The molecule has 17 rings (SSSR count). The van der Waals surface area contributed by atoms with Crippen LogP contribution >= 0.6 is 0 Å². The lowest BCUT2D eigenvalue weighted by Crippen LogP contribution is -2.82. The van der Waals surface area contributed by atoms with E-state index in [-0.39, 0.29) is 91.7 Å². The van der Waals surface area contributed by atoms with E-state index in [0.29, 0.717) is 62.1 Å². The van der Waals surface area contributed by atoms with Crippen LogP contribution in [0.3, 0.4) is 0 Å². The summed E-state index contributed by atoms with van der Waals surface area (Å²) in [6.45, 7) is 3.07. The molecule has 9 spiro atoms. The highest BCUT2D eigenvalue weighted by Gasteiger charge is 2.80. The zero-order chi connectivity index (χ0) is 59.0. The van der Waals surface area contributed by atoms with Gasteiger partial charge in [0.25, 0.3) is 0 Å². The Labute approximate surface area is 504 Å². The molecule has 86 heavy (non-hydrogen) atoms. The van der Waals surface area contributed by atoms with E-state index in [9.17, 15) is 45.3 Å². The smallest absolute Gasteiger partial charge is 0.335 e. The van der Waals surface area contributed by atoms with Gasteiger partial charge in [-0.25, -0.2) is 4.79 Å². The van der Waals surface area contributed by atoms with Crippen molar-refractivity contribution < 1.29 is 64.3 Å². The molecule has 0 unspecified atom stereocenters. The van der Waals surface area contributed by atoms with Crippen LogP contribution in [-0.4, -0.2) is 121 Å². The molecular formula is C71H90N2O13. The number of allylic oxidation sites excluding steroid dienone is 1. The van der Waals surface area contributed by atoms with Gasteiger partial charge in [0.15, 0.2) is 11.4 Å². The molecule has 462 valence electrons. The summed E-state index contributed by atoms with van der Waals surface area (Å²) in [6.07, 6.45) is 26.2. The minimum atomic E-state index is -2.08. The zero-order valence-corrected chi connectivity index (χ0v) is 50.6. The van der Waals surface area contributed by atoms with Crippen LogP contribution in [0.1, 0.15) is 213 Å². The number of Topliss-reactive ketones (excluding diaryl/α,β-unsaturated/α-hetero) is 1. The number of fused-ring (bicyclic) bond motifs is 3. The molecule has 12 fully saturated rings. The van der Waals surface area contributed by atoms with Gasteiger partial charge in [0, 0.05) is 53.5 Å². The lowest BCUT2D eigenvalue weighted by molar-refractivity contribution is -0.370. The first-order chi connectivity index (χ1) is 41.3. The number of phenols is 2. The number of benzene rings is 2. The van der Waals surface area contributed by atoms with Gasteiger partial charge in [-0.15, -0.1) is 0 Å². The normalized spacial score (nSPS) is 47.7. The maximum Gasteiger partial charge on any atom is 0.335 e. The minimum absolute atomic E-state index is 0.000861. The second-order valence-corrected chi connectivity index (χ2v) is 32.3. The van der Waals surface area contributed by atoms with Crippen molar-refractivity contribution in [2.75, 3.05) is 26.4 Å². The SMILES string of the molecule is CC(=O)c1c(C)c(O)c2cc(C(=O)O)cc(O[C@@H]3O[C@@]4(CO)C#CC[C@@H]5CCC[C@]56CC[C@@]5(CCC[C@]7(C5)O[C@@]4(C[C@@H]4C5=C7CC=C5[C@@]5(CCO)COC[C@H]7C[C@@]89C[C@]4(NN[C@@H]8C[C@]4(CCC[C@]48CCC4(CCCC4)C8)C9)[C@H]75)[C@H](O)[C@H]3O)C6)c2c1O. The van der Waals surface area contributed by atoms with E-state index in [1.54, 1.807) is 0 Å². The van der Waals surface area contributed by atoms with E-state index in [2.05, 4.69) is 28.8 Å². The van der Waals surface area contributed by atoms with E-state index in [4.69, 9.17) is 18.9 Å². The van der Waals surface area contributed by atoms with Crippen molar-refractivity contribution in [2.24, 2.45) is 61.6 Å². The molecule has 5 heterocycles. The monoisotopic (exact) mass is 1180 g/mol. The van der Waals surface area contributed by atoms with Crippen LogP contribution in [-0.2, 0) is 14.2 Å². The molecule has 3 saturated heterocycles. The Bertz CT molecular complexity index is 3430. The molecule has 10 aliphatic carbocycles. The lowest BCUT2D eigenvalue weighted by Gasteiger charge is -2.72. The molecule has 15 heteroatoms. The number of rotatable bonds is 7. The summed E-state index contributed by atoms with van der Waals surface area (Å²) in [5.41, 5.74) is 6.60. The van der Waals surface area contributed by atoms with Crippen molar-refractivity contribution in [1.82, 2.24) is 10.9 Å². The van der Waals surface area contributed by atoms with Crippen LogP contribution in [0.5, 0.6) is 17.2 Å². The number of hydrogen-bond donors (Lipinski definition) is 9. The summed E-state index contributed by atoms with van der Waals surface area (Å²) in [7, 11) is 0. The number of aromatic hydroxyl groups is 2. The van der Waals surface area contributed by atoms with Crippen molar-refractivity contribution in [3.63, 3.8) is 0 Å². The van der Waals surface area contributed by atoms with E-state index in [1.165, 1.54) is 107 Å². The Balaban J connectivity index is 0.865. The van der Waals surface area contributed by atoms with E-state index >= 15 is 0 Å². The molecule has 9 saturated carbocycles. The maximum absolute atomic E-state index is 14.1. The van der Waals surface area contributed by atoms with Crippen LogP contribution in [0, 0.1) is 80.3 Å². The van der Waals surface area contributed by atoms with Crippen LogP contribution in [0.25, 0.3) is 10.8 Å². The van der Waals surface area contributed by atoms with Gasteiger partial charge >= 0.3 is 5.97 Å². The molecule has 18 atom stereocenters. The second kappa shape index (κ2) is 18.3. The van der Waals surface area contributed by atoms with Gasteiger partial charge in [0.05, 0.1) is 35.3 Å². The van der Waals surface area contributed by atoms with Gasteiger partial charge in [0.1, 0.15) is 35.1 Å². The molecular weight excluding hydrogens is 1090 g/mol. The van der Waals surface area contributed by atoms with Crippen molar-refractivity contribution in [1.29, 1.82) is 0 Å². The van der Waals surface area contributed by atoms with Crippen LogP contribution in [0.2, 0.25) is 0 Å². The number of aliphatic hydroxyl groups excluding tert-OH is 4. The van der Waals surface area contributed by atoms with Crippen molar-refractivity contribution >= 4 is 22.5 Å². The molecule has 5 aliphatic heterocycles. The summed E-state index contributed by atoms with van der Waals surface area (Å²) in [5, 5.41) is 85.8. The van der Waals surface area contributed by atoms with Crippen LogP contribution in [0.4, 0.5) is 0 Å². The van der Waals surface area contributed by atoms with Gasteiger partial charge in [0.2, 0.25) is 6.29 Å². The number of aliphatic hydroxyl groups is 4. The van der Waals surface area contributed by atoms with Gasteiger partial charge in [-0.05, 0) is 241 Å². The fraction of sp³-hybridized carbons (Fsp3) is 0.746. The Morgan fingerprint density at radius 1 is 0.826 bits per heavy atom. The first kappa shape index (κ1) is 55.9. The third kappa shape index (κ3) is 6.93. The van der Waals surface area contributed by atoms with E-state index in [0.717, 1.165) is 76.7 Å². The quantitative estimate of drug-likeness (QED) is 0.0713. The average molecular weight is 1180 g/mol. The number of ether oxygens (including phenoxy) is 4. The fourth-order valence-corrected chi connectivity index (χ4v) is 26.2. The Kier molecular flexibility index (Phi) is 11.9. The number of hydrogen-bond acceptors (Lipinski definition) is 14. The molecule has 2 aromatic carbocycles. The number of carboxylic acids is 1. The van der Waals surface area contributed by atoms with Gasteiger partial charge in [-0.3, -0.25) is 15.6 Å². The Morgan fingerprint density at radius 2 is 1.63 bits per heavy atom. The largest absolute Gasteiger partial charge is 0.507 e. The minimum Gasteiger partial charge on any atom is -0.507 e. The summed E-state index contributed by atoms with van der Waals surface area (Å²) in [6, 6.07) is 2.59. The topological polar surface area (TPSA) is 237 Å². The third-order valence-electron chi connectivity index (χ3n) is 29.0. The molecule has 0 radical (unpaired) electrons. The molecule has 15 aliphatic rings. The number of carbonyl (C=O) groups excluding carboxylic acids is 1. The first-order valence-electron chi connectivity index (χ1n) is 33.7. The number of ketones is 1. The molecule has 0 amide bonds. The highest BCUT2D eigenvalue weighted by molar-refractivity contribution is 6.11. The van der Waals surface area contributed by atoms with Gasteiger partial charge < -0.3 is 54.7 Å². The standard InChI is InChI=1S/C71H90N2O13/c1-40-51(41(2)76)55(78)52-45(54(40)77)27-42(59(81)82)28-49(52)84-60-56(79)58(80)71-30-48-53-46(11-12-47(53)68(86-71)19-7-15-62(35-68)21-23-63(33-62)16-5-9-44(63)10-6-20-69(71,38-75)85-60)67(25-26-74)39-83-32-43-29-64-36-66(31-50(64)72-73-70(48,37-64)57(43)67)18-8-17-65(66)24-22-61(34-65)13-3-4-14-61/h11,27-28,43-44,48,50,56-58,60,72-75,77-80H,3-5,7-10,12-19,21-26,29-39H2,1-2H3,(H,81,82)/t43-,44+,48-,50-,56-,57-,58-,60-,62+,63-,64-,65-,66-,67-,68-,69-,70-,71+/m1/s1. The number of hydrazine groups is 1. The lowest BCUT2D eigenvalue weighted by atomic mass is 9.38. The number of nitrogens with one attached hydrogen (secondary N) is 2. The zero-order valence-electron chi connectivity index (χ0n) is 50.6. The Hall–Kier alpha value is -4.08. The summed E-state index contributed by atoms with van der Waals surface area (Å²) >= 11 is 0. The predicted molar refractivity (Wildman–Crippen MR) is 317 cm³/mol. The van der Waals surface area contributed by atoms with Crippen molar-refractivity contribution in [2.45, 2.75) is 241 Å². The third-order valence-corrected chi connectivity index (χ3v) is 29.0. The van der Waals surface area contributed by atoms with Crippen LogP contribution < -0.4 is 15.6 Å². The number of carboxylic acid groups (broad SMARTS) is 1. The summed E-state index contributed by atoms with van der Waals surface area (Å²) in [4.78, 5) is 26.1. The first-order valence-corrected chi connectivity index (χ1v) is 33.7.